The smallest absolute Gasteiger partial charge is 0.235 e. The lowest BCUT2D eigenvalue weighted by Crippen LogP contribution is -2.55. The topological polar surface area (TPSA) is 23.6 Å². The van der Waals surface area contributed by atoms with Gasteiger partial charge in [0.25, 0.3) is 0 Å². The molecule has 2 heterocycles. The Morgan fingerprint density at radius 3 is 2.67 bits per heavy atom. The first-order valence-corrected chi connectivity index (χ1v) is 7.69. The maximum atomic E-state index is 12.3. The number of amides is 1. The molecule has 18 heavy (non-hydrogen) atoms. The predicted octanol–water partition coefficient (Wildman–Crippen LogP) is 1.88. The molecule has 3 nitrogen and oxygen atoms in total. The average Bonchev–Trinajstić information content (AvgIpc) is 2.36. The summed E-state index contributed by atoms with van der Waals surface area (Å²) < 4.78 is 0. The number of likely N-dealkylation sites (tertiary alicyclic amines) is 2. The van der Waals surface area contributed by atoms with Crippen LogP contribution in [0, 0.1) is 11.8 Å². The number of carbonyl (C=O) groups is 1. The molecule has 0 aromatic carbocycles. The van der Waals surface area contributed by atoms with Crippen molar-refractivity contribution in [3.05, 3.63) is 0 Å². The van der Waals surface area contributed by atoms with E-state index in [2.05, 4.69) is 43.3 Å². The number of thiol groups is 1. The lowest BCUT2D eigenvalue weighted by atomic mass is 9.84. The van der Waals surface area contributed by atoms with E-state index in [1.165, 1.54) is 19.4 Å². The van der Waals surface area contributed by atoms with Gasteiger partial charge in [-0.05, 0) is 44.7 Å². The van der Waals surface area contributed by atoms with E-state index in [0.29, 0.717) is 17.9 Å². The summed E-state index contributed by atoms with van der Waals surface area (Å²) in [6.45, 7) is 7.20. The minimum atomic E-state index is -0.136. The highest BCUT2D eigenvalue weighted by atomic mass is 32.1. The van der Waals surface area contributed by atoms with E-state index in [1.807, 2.05) is 0 Å². The van der Waals surface area contributed by atoms with Gasteiger partial charge in [0.2, 0.25) is 5.91 Å². The van der Waals surface area contributed by atoms with E-state index in [0.717, 1.165) is 19.5 Å². The predicted molar refractivity (Wildman–Crippen MR) is 78.0 cm³/mol. The third-order valence-electron chi connectivity index (χ3n) is 4.54. The normalized spacial score (nSPS) is 31.3. The number of fused-ring (bicyclic) bond motifs is 1. The molecule has 2 fully saturated rings. The minimum Gasteiger partial charge on any atom is -0.341 e. The van der Waals surface area contributed by atoms with Crippen molar-refractivity contribution in [2.45, 2.75) is 44.4 Å². The molecule has 2 rings (SSSR count). The van der Waals surface area contributed by atoms with Crippen LogP contribution in [0.25, 0.3) is 0 Å². The van der Waals surface area contributed by atoms with Crippen LogP contribution in [0.1, 0.15) is 33.1 Å². The summed E-state index contributed by atoms with van der Waals surface area (Å²) >= 11 is 4.46. The molecule has 0 radical (unpaired) electrons. The first-order valence-electron chi connectivity index (χ1n) is 7.17. The van der Waals surface area contributed by atoms with Crippen molar-refractivity contribution in [2.75, 3.05) is 26.7 Å². The van der Waals surface area contributed by atoms with Crippen molar-refractivity contribution in [1.29, 1.82) is 0 Å². The molecule has 0 aromatic rings. The van der Waals surface area contributed by atoms with E-state index < -0.39 is 0 Å². The molecule has 1 amide bonds. The standard InChI is InChI=1S/C14H26N2OS/c1-10(2)13(18)14(17)16-8-6-12-11(9-16)5-4-7-15(12)3/h10-13,18H,4-9H2,1-3H3. The molecule has 0 aromatic heterocycles. The zero-order valence-electron chi connectivity index (χ0n) is 11.8. The van der Waals surface area contributed by atoms with Crippen LogP contribution >= 0.6 is 12.6 Å². The highest BCUT2D eigenvalue weighted by Gasteiger charge is 2.37. The molecule has 104 valence electrons. The molecule has 2 aliphatic heterocycles. The highest BCUT2D eigenvalue weighted by molar-refractivity contribution is 7.81. The summed E-state index contributed by atoms with van der Waals surface area (Å²) in [4.78, 5) is 16.9. The zero-order valence-corrected chi connectivity index (χ0v) is 12.7. The van der Waals surface area contributed by atoms with Crippen LogP contribution in [-0.4, -0.2) is 53.7 Å². The second kappa shape index (κ2) is 5.83. The average molecular weight is 270 g/mol. The summed E-state index contributed by atoms with van der Waals surface area (Å²) in [5, 5.41) is -0.136. The Hall–Kier alpha value is -0.220. The Balaban J connectivity index is 1.96. The van der Waals surface area contributed by atoms with Crippen molar-refractivity contribution in [3.8, 4) is 0 Å². The van der Waals surface area contributed by atoms with E-state index in [1.54, 1.807) is 0 Å². The van der Waals surface area contributed by atoms with E-state index in [-0.39, 0.29) is 11.2 Å². The van der Waals surface area contributed by atoms with Gasteiger partial charge in [0.1, 0.15) is 0 Å². The number of piperidine rings is 2. The van der Waals surface area contributed by atoms with Gasteiger partial charge in [0, 0.05) is 19.1 Å². The van der Waals surface area contributed by atoms with Crippen LogP contribution in [-0.2, 0) is 4.79 Å². The summed E-state index contributed by atoms with van der Waals surface area (Å²) in [5.41, 5.74) is 0. The molecule has 2 aliphatic rings. The van der Waals surface area contributed by atoms with Crippen molar-refractivity contribution in [2.24, 2.45) is 11.8 Å². The monoisotopic (exact) mass is 270 g/mol. The first-order chi connectivity index (χ1) is 8.50. The molecule has 0 N–H and O–H groups in total. The second-order valence-electron chi connectivity index (χ2n) is 6.21. The first kappa shape index (κ1) is 14.2. The third kappa shape index (κ3) is 2.85. The van der Waals surface area contributed by atoms with Crippen LogP contribution in [0.15, 0.2) is 0 Å². The number of rotatable bonds is 2. The van der Waals surface area contributed by atoms with Crippen LogP contribution in [0.5, 0.6) is 0 Å². The number of carbonyl (C=O) groups excluding carboxylic acids is 1. The van der Waals surface area contributed by atoms with Crippen molar-refractivity contribution >= 4 is 18.5 Å². The van der Waals surface area contributed by atoms with E-state index in [9.17, 15) is 4.79 Å². The van der Waals surface area contributed by atoms with Gasteiger partial charge in [-0.15, -0.1) is 0 Å². The van der Waals surface area contributed by atoms with Gasteiger partial charge < -0.3 is 9.80 Å². The summed E-state index contributed by atoms with van der Waals surface area (Å²) in [5.74, 6) is 1.22. The van der Waals surface area contributed by atoms with Crippen LogP contribution in [0.3, 0.4) is 0 Å². The van der Waals surface area contributed by atoms with Gasteiger partial charge >= 0.3 is 0 Å². The van der Waals surface area contributed by atoms with Gasteiger partial charge in [0.05, 0.1) is 5.25 Å². The minimum absolute atomic E-state index is 0.136. The Morgan fingerprint density at radius 1 is 1.28 bits per heavy atom. The molecule has 2 saturated heterocycles. The fourth-order valence-electron chi connectivity index (χ4n) is 3.32. The number of hydrogen-bond donors (Lipinski definition) is 1. The molecular formula is C14H26N2OS. The quantitative estimate of drug-likeness (QED) is 0.775. The van der Waals surface area contributed by atoms with Crippen molar-refractivity contribution < 1.29 is 4.79 Å². The maximum Gasteiger partial charge on any atom is 0.235 e. The van der Waals surface area contributed by atoms with E-state index >= 15 is 0 Å². The number of nitrogens with zero attached hydrogens (tertiary/aromatic N) is 2. The van der Waals surface area contributed by atoms with Gasteiger partial charge in [0.15, 0.2) is 0 Å². The molecule has 0 spiro atoms. The zero-order chi connectivity index (χ0) is 13.3. The Labute approximate surface area is 116 Å². The van der Waals surface area contributed by atoms with E-state index in [4.69, 9.17) is 0 Å². The molecule has 4 heteroatoms. The maximum absolute atomic E-state index is 12.3. The lowest BCUT2D eigenvalue weighted by Gasteiger charge is -2.46. The van der Waals surface area contributed by atoms with Gasteiger partial charge in [-0.1, -0.05) is 13.8 Å². The Morgan fingerprint density at radius 2 is 2.00 bits per heavy atom. The van der Waals surface area contributed by atoms with Gasteiger partial charge in [-0.25, -0.2) is 0 Å². The summed E-state index contributed by atoms with van der Waals surface area (Å²) in [7, 11) is 2.23. The number of hydrogen-bond acceptors (Lipinski definition) is 3. The SMILES string of the molecule is CC(C)C(S)C(=O)N1CCC2C(CCCN2C)C1. The Kier molecular flexibility index (Phi) is 4.59. The van der Waals surface area contributed by atoms with Crippen molar-refractivity contribution in [1.82, 2.24) is 9.80 Å². The molecular weight excluding hydrogens is 244 g/mol. The third-order valence-corrected chi connectivity index (χ3v) is 5.36. The summed E-state index contributed by atoms with van der Waals surface area (Å²) in [6.07, 6.45) is 3.68. The summed E-state index contributed by atoms with van der Waals surface area (Å²) in [6, 6.07) is 0.695. The molecule has 0 aliphatic carbocycles. The van der Waals surface area contributed by atoms with Crippen LogP contribution < -0.4 is 0 Å². The second-order valence-corrected chi connectivity index (χ2v) is 6.77. The lowest BCUT2D eigenvalue weighted by molar-refractivity contribution is -0.134. The fraction of sp³-hybridized carbons (Fsp3) is 0.929. The molecule has 3 unspecified atom stereocenters. The molecule has 0 saturated carbocycles. The fourth-order valence-corrected chi connectivity index (χ4v) is 3.49. The molecule has 3 atom stereocenters. The largest absolute Gasteiger partial charge is 0.341 e. The molecule has 0 bridgehead atoms. The van der Waals surface area contributed by atoms with Crippen LogP contribution in [0.2, 0.25) is 0 Å². The van der Waals surface area contributed by atoms with Gasteiger partial charge in [-0.2, -0.15) is 12.6 Å². The van der Waals surface area contributed by atoms with Crippen molar-refractivity contribution in [3.63, 3.8) is 0 Å². The van der Waals surface area contributed by atoms with Gasteiger partial charge in [-0.3, -0.25) is 4.79 Å². The Bertz CT molecular complexity index is 308. The highest BCUT2D eigenvalue weighted by Crippen LogP contribution is 2.30. The van der Waals surface area contributed by atoms with Crippen LogP contribution in [0.4, 0.5) is 0 Å².